The van der Waals surface area contributed by atoms with Crippen molar-refractivity contribution >= 4 is 33.2 Å². The van der Waals surface area contributed by atoms with Crippen molar-refractivity contribution in [2.24, 2.45) is 5.92 Å². The van der Waals surface area contributed by atoms with Crippen LogP contribution in [-0.2, 0) is 4.79 Å². The SMILES string of the molecule is O=C(O)C1CCC1Nc1ccc2ncsc2c1. The second-order valence-corrected chi connectivity index (χ2v) is 5.19. The molecule has 4 nitrogen and oxygen atoms in total. The zero-order chi connectivity index (χ0) is 11.8. The van der Waals surface area contributed by atoms with Gasteiger partial charge in [0.05, 0.1) is 21.6 Å². The Bertz CT molecular complexity index is 566. The van der Waals surface area contributed by atoms with Crippen LogP contribution in [0, 0.1) is 5.92 Å². The van der Waals surface area contributed by atoms with Crippen LogP contribution >= 0.6 is 11.3 Å². The number of nitrogens with one attached hydrogen (secondary N) is 1. The number of rotatable bonds is 3. The largest absolute Gasteiger partial charge is 0.481 e. The molecule has 88 valence electrons. The lowest BCUT2D eigenvalue weighted by atomic mass is 9.79. The molecular formula is C12H12N2O2S. The van der Waals surface area contributed by atoms with Crippen LogP contribution in [0.25, 0.3) is 10.2 Å². The second-order valence-electron chi connectivity index (χ2n) is 4.31. The van der Waals surface area contributed by atoms with Gasteiger partial charge in [-0.25, -0.2) is 4.98 Å². The number of carbonyl (C=O) groups is 1. The van der Waals surface area contributed by atoms with Crippen molar-refractivity contribution in [1.29, 1.82) is 0 Å². The van der Waals surface area contributed by atoms with Crippen molar-refractivity contribution in [3.05, 3.63) is 23.7 Å². The molecule has 0 radical (unpaired) electrons. The van der Waals surface area contributed by atoms with Crippen LogP contribution in [0.2, 0.25) is 0 Å². The van der Waals surface area contributed by atoms with Gasteiger partial charge in [-0.05, 0) is 31.0 Å². The molecule has 0 saturated heterocycles. The second kappa shape index (κ2) is 4.00. The van der Waals surface area contributed by atoms with E-state index in [9.17, 15) is 4.79 Å². The third-order valence-corrected chi connectivity index (χ3v) is 4.07. The summed E-state index contributed by atoms with van der Waals surface area (Å²) in [5.74, 6) is -0.945. The van der Waals surface area contributed by atoms with Gasteiger partial charge >= 0.3 is 5.97 Å². The Labute approximate surface area is 102 Å². The summed E-state index contributed by atoms with van der Waals surface area (Å²) in [6.45, 7) is 0. The van der Waals surface area contributed by atoms with Gasteiger partial charge in [0.1, 0.15) is 0 Å². The third kappa shape index (κ3) is 1.86. The van der Waals surface area contributed by atoms with Crippen LogP contribution in [0.3, 0.4) is 0 Å². The Balaban J connectivity index is 1.78. The number of benzene rings is 1. The molecule has 0 amide bonds. The summed E-state index contributed by atoms with van der Waals surface area (Å²) in [6.07, 6.45) is 1.70. The highest BCUT2D eigenvalue weighted by Gasteiger charge is 2.36. The number of aromatic nitrogens is 1. The van der Waals surface area contributed by atoms with E-state index in [4.69, 9.17) is 5.11 Å². The first-order valence-electron chi connectivity index (χ1n) is 5.56. The summed E-state index contributed by atoms with van der Waals surface area (Å²) in [7, 11) is 0. The van der Waals surface area contributed by atoms with Gasteiger partial charge in [0.2, 0.25) is 0 Å². The fourth-order valence-electron chi connectivity index (χ4n) is 2.13. The van der Waals surface area contributed by atoms with Crippen molar-refractivity contribution < 1.29 is 9.90 Å². The van der Waals surface area contributed by atoms with Crippen LogP contribution in [0.15, 0.2) is 23.7 Å². The molecule has 1 aliphatic carbocycles. The molecule has 0 spiro atoms. The van der Waals surface area contributed by atoms with Gasteiger partial charge in [-0.2, -0.15) is 0 Å². The topological polar surface area (TPSA) is 62.2 Å². The molecule has 1 aliphatic rings. The van der Waals surface area contributed by atoms with Gasteiger partial charge in [-0.1, -0.05) is 0 Å². The average Bonchev–Trinajstić information content (AvgIpc) is 2.70. The molecule has 1 aromatic carbocycles. The minimum atomic E-state index is -0.701. The van der Waals surface area contributed by atoms with Gasteiger partial charge in [0.25, 0.3) is 0 Å². The molecule has 5 heteroatoms. The molecule has 2 aromatic rings. The smallest absolute Gasteiger partial charge is 0.308 e. The zero-order valence-electron chi connectivity index (χ0n) is 9.09. The summed E-state index contributed by atoms with van der Waals surface area (Å²) < 4.78 is 1.13. The fourth-order valence-corrected chi connectivity index (χ4v) is 2.84. The molecule has 0 aliphatic heterocycles. The Morgan fingerprint density at radius 1 is 1.47 bits per heavy atom. The predicted molar refractivity (Wildman–Crippen MR) is 67.4 cm³/mol. The molecule has 1 aromatic heterocycles. The number of carboxylic acids is 1. The first-order chi connectivity index (χ1) is 8.24. The highest BCUT2D eigenvalue weighted by molar-refractivity contribution is 7.16. The lowest BCUT2D eigenvalue weighted by Gasteiger charge is -2.34. The molecule has 0 bridgehead atoms. The van der Waals surface area contributed by atoms with Crippen LogP contribution in [0.5, 0.6) is 0 Å². The minimum Gasteiger partial charge on any atom is -0.481 e. The van der Waals surface area contributed by atoms with E-state index in [0.717, 1.165) is 28.7 Å². The zero-order valence-corrected chi connectivity index (χ0v) is 9.91. The third-order valence-electron chi connectivity index (χ3n) is 3.27. The van der Waals surface area contributed by atoms with Gasteiger partial charge in [-0.15, -0.1) is 11.3 Å². The summed E-state index contributed by atoms with van der Waals surface area (Å²) >= 11 is 1.59. The van der Waals surface area contributed by atoms with Crippen LogP contribution in [-0.4, -0.2) is 22.1 Å². The lowest BCUT2D eigenvalue weighted by molar-refractivity contribution is -0.144. The molecule has 1 heterocycles. The average molecular weight is 248 g/mol. The van der Waals surface area contributed by atoms with E-state index < -0.39 is 5.97 Å². The van der Waals surface area contributed by atoms with Crippen molar-refractivity contribution in [3.63, 3.8) is 0 Å². The standard InChI is InChI=1S/C12H12N2O2S/c15-12(16)8-2-4-9(8)14-7-1-3-10-11(5-7)17-6-13-10/h1,3,5-6,8-9,14H,2,4H2,(H,15,16). The van der Waals surface area contributed by atoms with E-state index in [-0.39, 0.29) is 12.0 Å². The molecule has 2 unspecified atom stereocenters. The quantitative estimate of drug-likeness (QED) is 0.876. The fraction of sp³-hybridized carbons (Fsp3) is 0.333. The van der Waals surface area contributed by atoms with Crippen molar-refractivity contribution in [2.45, 2.75) is 18.9 Å². The summed E-state index contributed by atoms with van der Waals surface area (Å²) in [5.41, 5.74) is 3.79. The molecule has 2 N–H and O–H groups in total. The van der Waals surface area contributed by atoms with Gasteiger partial charge in [0, 0.05) is 11.7 Å². The van der Waals surface area contributed by atoms with Crippen LogP contribution < -0.4 is 5.32 Å². The number of hydrogen-bond acceptors (Lipinski definition) is 4. The van der Waals surface area contributed by atoms with Crippen LogP contribution in [0.4, 0.5) is 5.69 Å². The number of aliphatic carboxylic acids is 1. The van der Waals surface area contributed by atoms with E-state index in [2.05, 4.69) is 10.3 Å². The lowest BCUT2D eigenvalue weighted by Crippen LogP contribution is -2.42. The van der Waals surface area contributed by atoms with E-state index in [1.54, 1.807) is 11.3 Å². The Morgan fingerprint density at radius 2 is 2.35 bits per heavy atom. The van der Waals surface area contributed by atoms with E-state index >= 15 is 0 Å². The van der Waals surface area contributed by atoms with E-state index in [1.807, 2.05) is 23.7 Å². The Hall–Kier alpha value is -1.62. The highest BCUT2D eigenvalue weighted by atomic mass is 32.1. The number of anilines is 1. The van der Waals surface area contributed by atoms with Crippen molar-refractivity contribution in [3.8, 4) is 0 Å². The molecule has 1 saturated carbocycles. The first kappa shape index (κ1) is 10.5. The number of hydrogen-bond donors (Lipinski definition) is 2. The number of fused-ring (bicyclic) bond motifs is 1. The monoisotopic (exact) mass is 248 g/mol. The number of carboxylic acid groups (broad SMARTS) is 1. The van der Waals surface area contributed by atoms with E-state index in [1.165, 1.54) is 0 Å². The summed E-state index contributed by atoms with van der Waals surface area (Å²) in [4.78, 5) is 15.1. The molecule has 2 atom stereocenters. The number of thiazole rings is 1. The van der Waals surface area contributed by atoms with Crippen LogP contribution in [0.1, 0.15) is 12.8 Å². The van der Waals surface area contributed by atoms with Gasteiger partial charge in [-0.3, -0.25) is 4.79 Å². The van der Waals surface area contributed by atoms with Crippen molar-refractivity contribution in [2.75, 3.05) is 5.32 Å². The molecule has 3 rings (SSSR count). The van der Waals surface area contributed by atoms with Gasteiger partial charge in [0.15, 0.2) is 0 Å². The van der Waals surface area contributed by atoms with Crippen molar-refractivity contribution in [1.82, 2.24) is 4.98 Å². The van der Waals surface area contributed by atoms with E-state index in [0.29, 0.717) is 0 Å². The maximum atomic E-state index is 10.9. The maximum absolute atomic E-state index is 10.9. The normalized spacial score (nSPS) is 23.3. The van der Waals surface area contributed by atoms with Gasteiger partial charge < -0.3 is 10.4 Å². The summed E-state index contributed by atoms with van der Waals surface area (Å²) in [6, 6.07) is 6.02. The molecule has 1 fully saturated rings. The first-order valence-corrected chi connectivity index (χ1v) is 6.44. The number of nitrogens with zero attached hydrogens (tertiary/aromatic N) is 1. The molecular weight excluding hydrogens is 236 g/mol. The predicted octanol–water partition coefficient (Wildman–Crippen LogP) is 2.57. The summed E-state index contributed by atoms with van der Waals surface area (Å²) in [5, 5.41) is 12.3. The maximum Gasteiger partial charge on any atom is 0.308 e. The minimum absolute atomic E-state index is 0.0675. The molecule has 17 heavy (non-hydrogen) atoms. The highest BCUT2D eigenvalue weighted by Crippen LogP contribution is 2.31. The Kier molecular flexibility index (Phi) is 2.48. The Morgan fingerprint density at radius 3 is 3.06 bits per heavy atom.